The van der Waals surface area contributed by atoms with E-state index in [0.717, 1.165) is 30.7 Å². The van der Waals surface area contributed by atoms with Crippen molar-refractivity contribution in [2.24, 2.45) is 0 Å². The van der Waals surface area contributed by atoms with E-state index >= 15 is 0 Å². The minimum absolute atomic E-state index is 0.0555. The van der Waals surface area contributed by atoms with E-state index in [0.29, 0.717) is 5.02 Å². The molecule has 0 spiro atoms. The maximum Gasteiger partial charge on any atom is 0.231 e. The van der Waals surface area contributed by atoms with E-state index in [1.807, 2.05) is 31.2 Å². The normalized spacial score (nSPS) is 17.8. The summed E-state index contributed by atoms with van der Waals surface area (Å²) in [5.74, 6) is 0.823. The molecular formula is C16H18ClN3O. The number of imidazole rings is 1. The van der Waals surface area contributed by atoms with Crippen LogP contribution in [0.15, 0.2) is 36.7 Å². The van der Waals surface area contributed by atoms with Crippen LogP contribution < -0.4 is 5.32 Å². The van der Waals surface area contributed by atoms with Gasteiger partial charge in [0.25, 0.3) is 0 Å². The molecule has 1 aromatic heterocycles. The maximum absolute atomic E-state index is 12.8. The number of halogens is 1. The van der Waals surface area contributed by atoms with Gasteiger partial charge in [-0.15, -0.1) is 0 Å². The average Bonchev–Trinajstić information content (AvgIpc) is 2.91. The molecule has 1 heterocycles. The number of aromatic nitrogens is 2. The second-order valence-corrected chi connectivity index (χ2v) is 6.05. The van der Waals surface area contributed by atoms with Gasteiger partial charge in [-0.2, -0.15) is 0 Å². The van der Waals surface area contributed by atoms with E-state index in [4.69, 9.17) is 11.6 Å². The number of nitrogens with zero attached hydrogens (tertiary/aromatic N) is 1. The Morgan fingerprint density at radius 3 is 2.86 bits per heavy atom. The van der Waals surface area contributed by atoms with Gasteiger partial charge in [-0.25, -0.2) is 4.98 Å². The number of benzene rings is 1. The highest BCUT2D eigenvalue weighted by Crippen LogP contribution is 2.44. The Morgan fingerprint density at radius 2 is 2.29 bits per heavy atom. The molecule has 1 unspecified atom stereocenters. The van der Waals surface area contributed by atoms with Gasteiger partial charge in [-0.05, 0) is 37.5 Å². The first-order valence-corrected chi connectivity index (χ1v) is 7.56. The summed E-state index contributed by atoms with van der Waals surface area (Å²) in [6.45, 7) is 1.93. The molecule has 110 valence electrons. The smallest absolute Gasteiger partial charge is 0.231 e. The number of nitrogens with one attached hydrogen (secondary N) is 2. The summed E-state index contributed by atoms with van der Waals surface area (Å²) in [6, 6.07) is 7.49. The van der Waals surface area contributed by atoms with Gasteiger partial charge in [0.05, 0.1) is 11.5 Å². The fraction of sp³-hybridized carbons (Fsp3) is 0.375. The second-order valence-electron chi connectivity index (χ2n) is 5.62. The molecule has 0 saturated heterocycles. The highest BCUT2D eigenvalue weighted by molar-refractivity contribution is 6.30. The molecule has 5 heteroatoms. The topological polar surface area (TPSA) is 57.8 Å². The van der Waals surface area contributed by atoms with Gasteiger partial charge >= 0.3 is 0 Å². The zero-order chi connectivity index (χ0) is 14.9. The first-order valence-electron chi connectivity index (χ1n) is 7.18. The lowest BCUT2D eigenvalue weighted by Crippen LogP contribution is -2.49. The van der Waals surface area contributed by atoms with Gasteiger partial charge in [-0.3, -0.25) is 4.79 Å². The third-order valence-electron chi connectivity index (χ3n) is 4.30. The van der Waals surface area contributed by atoms with Crippen LogP contribution in [0.5, 0.6) is 0 Å². The summed E-state index contributed by atoms with van der Waals surface area (Å²) < 4.78 is 0. The van der Waals surface area contributed by atoms with Crippen LogP contribution in [0.25, 0.3) is 0 Å². The number of rotatable bonds is 4. The van der Waals surface area contributed by atoms with Crippen molar-refractivity contribution in [3.8, 4) is 0 Å². The number of carbonyl (C=O) groups is 1. The first-order chi connectivity index (χ1) is 10.1. The molecule has 1 amide bonds. The minimum atomic E-state index is -0.439. The zero-order valence-corrected chi connectivity index (χ0v) is 12.7. The van der Waals surface area contributed by atoms with Crippen molar-refractivity contribution in [3.05, 3.63) is 53.1 Å². The van der Waals surface area contributed by atoms with Gasteiger partial charge in [0, 0.05) is 17.4 Å². The summed E-state index contributed by atoms with van der Waals surface area (Å²) >= 11 is 6.08. The largest absolute Gasteiger partial charge is 0.347 e. The van der Waals surface area contributed by atoms with Gasteiger partial charge in [0.1, 0.15) is 5.82 Å². The van der Waals surface area contributed by atoms with Crippen molar-refractivity contribution in [1.29, 1.82) is 0 Å². The Balaban J connectivity index is 1.81. The number of hydrogen-bond acceptors (Lipinski definition) is 2. The molecule has 0 aliphatic heterocycles. The second kappa shape index (κ2) is 5.53. The predicted octanol–water partition coefficient (Wildman–Crippen LogP) is 3.36. The quantitative estimate of drug-likeness (QED) is 0.910. The van der Waals surface area contributed by atoms with Crippen molar-refractivity contribution in [3.63, 3.8) is 0 Å². The predicted molar refractivity (Wildman–Crippen MR) is 82.1 cm³/mol. The van der Waals surface area contributed by atoms with Crippen molar-refractivity contribution in [2.45, 2.75) is 37.6 Å². The zero-order valence-electron chi connectivity index (χ0n) is 11.9. The summed E-state index contributed by atoms with van der Waals surface area (Å²) in [7, 11) is 0. The van der Waals surface area contributed by atoms with E-state index in [1.165, 1.54) is 0 Å². The third-order valence-corrected chi connectivity index (χ3v) is 4.53. The molecule has 1 fully saturated rings. The Kier molecular flexibility index (Phi) is 3.72. The van der Waals surface area contributed by atoms with Crippen LogP contribution in [0.1, 0.15) is 43.6 Å². The van der Waals surface area contributed by atoms with Crippen molar-refractivity contribution in [1.82, 2.24) is 15.3 Å². The van der Waals surface area contributed by atoms with Crippen LogP contribution in [0.4, 0.5) is 0 Å². The van der Waals surface area contributed by atoms with Gasteiger partial charge < -0.3 is 10.3 Å². The molecule has 1 aliphatic carbocycles. The van der Waals surface area contributed by atoms with Crippen molar-refractivity contribution >= 4 is 17.5 Å². The van der Waals surface area contributed by atoms with Crippen LogP contribution in [0, 0.1) is 0 Å². The lowest BCUT2D eigenvalue weighted by molar-refractivity contribution is -0.130. The molecule has 0 bridgehead atoms. The Bertz CT molecular complexity index is 635. The summed E-state index contributed by atoms with van der Waals surface area (Å²) in [4.78, 5) is 20.0. The van der Waals surface area contributed by atoms with E-state index in [9.17, 15) is 4.79 Å². The molecule has 1 aromatic carbocycles. The Labute approximate surface area is 128 Å². The fourth-order valence-electron chi connectivity index (χ4n) is 2.88. The van der Waals surface area contributed by atoms with Gasteiger partial charge in [0.15, 0.2) is 0 Å². The number of carbonyl (C=O) groups excluding carboxylic acids is 1. The molecule has 21 heavy (non-hydrogen) atoms. The molecule has 1 atom stereocenters. The lowest BCUT2D eigenvalue weighted by Gasteiger charge is -2.41. The van der Waals surface area contributed by atoms with Gasteiger partial charge in [-0.1, -0.05) is 30.2 Å². The standard InChI is InChI=1S/C16H18ClN3O/c1-11(14-18-8-9-19-14)20-15(21)16(6-3-7-16)12-4-2-5-13(17)10-12/h2,4-5,8-11H,3,6-7H2,1H3,(H,18,19)(H,20,21). The van der Waals surface area contributed by atoms with E-state index in [-0.39, 0.29) is 11.9 Å². The summed E-state index contributed by atoms with van der Waals surface area (Å²) in [5.41, 5.74) is 0.566. The maximum atomic E-state index is 12.8. The van der Waals surface area contributed by atoms with E-state index < -0.39 is 5.41 Å². The Hall–Kier alpha value is -1.81. The van der Waals surface area contributed by atoms with Gasteiger partial charge in [0.2, 0.25) is 5.91 Å². The summed E-state index contributed by atoms with van der Waals surface area (Å²) in [6.07, 6.45) is 6.24. The van der Waals surface area contributed by atoms with E-state index in [1.54, 1.807) is 12.4 Å². The highest BCUT2D eigenvalue weighted by atomic mass is 35.5. The SMILES string of the molecule is CC(NC(=O)C1(c2cccc(Cl)c2)CCC1)c1ncc[nH]1. The van der Waals surface area contributed by atoms with Crippen LogP contribution >= 0.6 is 11.6 Å². The molecule has 0 radical (unpaired) electrons. The third kappa shape index (κ3) is 2.56. The molecule has 2 aromatic rings. The van der Waals surface area contributed by atoms with Crippen LogP contribution in [0.2, 0.25) is 5.02 Å². The lowest BCUT2D eigenvalue weighted by atomic mass is 9.63. The summed E-state index contributed by atoms with van der Waals surface area (Å²) in [5, 5.41) is 3.74. The van der Waals surface area contributed by atoms with Crippen LogP contribution in [-0.2, 0) is 10.2 Å². The fourth-order valence-corrected chi connectivity index (χ4v) is 3.07. The minimum Gasteiger partial charge on any atom is -0.347 e. The van der Waals surface area contributed by atoms with Crippen LogP contribution in [0.3, 0.4) is 0 Å². The van der Waals surface area contributed by atoms with E-state index in [2.05, 4.69) is 15.3 Å². The number of aromatic amines is 1. The molecule has 1 saturated carbocycles. The molecule has 1 aliphatic rings. The first kappa shape index (κ1) is 14.1. The van der Waals surface area contributed by atoms with Crippen molar-refractivity contribution < 1.29 is 4.79 Å². The number of H-pyrrole nitrogens is 1. The molecule has 4 nitrogen and oxygen atoms in total. The molecular weight excluding hydrogens is 286 g/mol. The monoisotopic (exact) mass is 303 g/mol. The highest BCUT2D eigenvalue weighted by Gasteiger charge is 2.46. The molecule has 2 N–H and O–H groups in total. The number of amides is 1. The van der Waals surface area contributed by atoms with Crippen LogP contribution in [-0.4, -0.2) is 15.9 Å². The van der Waals surface area contributed by atoms with Crippen molar-refractivity contribution in [2.75, 3.05) is 0 Å². The number of hydrogen-bond donors (Lipinski definition) is 2. The Morgan fingerprint density at radius 1 is 1.48 bits per heavy atom. The molecule has 3 rings (SSSR count). The average molecular weight is 304 g/mol.